The SMILES string of the molecule is CCOc1ccccc1CN1CCN(C(=O)CCCc2cccnc2)CC1. The number of nitrogens with zero attached hydrogens (tertiary/aromatic N) is 3. The zero-order chi connectivity index (χ0) is 18.9. The first-order valence-corrected chi connectivity index (χ1v) is 9.86. The van der Waals surface area contributed by atoms with Gasteiger partial charge >= 0.3 is 0 Å². The summed E-state index contributed by atoms with van der Waals surface area (Å²) in [6, 6.07) is 12.2. The van der Waals surface area contributed by atoms with Gasteiger partial charge < -0.3 is 9.64 Å². The zero-order valence-electron chi connectivity index (χ0n) is 16.1. The van der Waals surface area contributed by atoms with Crippen molar-refractivity contribution in [2.75, 3.05) is 32.8 Å². The van der Waals surface area contributed by atoms with Crippen molar-refractivity contribution in [1.82, 2.24) is 14.8 Å². The molecule has 1 fully saturated rings. The Bertz CT molecular complexity index is 713. The van der Waals surface area contributed by atoms with Gasteiger partial charge in [-0.25, -0.2) is 0 Å². The lowest BCUT2D eigenvalue weighted by atomic mass is 10.1. The van der Waals surface area contributed by atoms with E-state index in [2.05, 4.69) is 28.1 Å². The lowest BCUT2D eigenvalue weighted by Gasteiger charge is -2.35. The molecule has 2 heterocycles. The molecule has 0 saturated carbocycles. The molecule has 3 rings (SSSR count). The van der Waals surface area contributed by atoms with E-state index in [1.54, 1.807) is 6.20 Å². The van der Waals surface area contributed by atoms with Crippen molar-refractivity contribution in [2.45, 2.75) is 32.7 Å². The number of carbonyl (C=O) groups excluding carboxylic acids is 1. The maximum absolute atomic E-state index is 12.5. The highest BCUT2D eigenvalue weighted by atomic mass is 16.5. The summed E-state index contributed by atoms with van der Waals surface area (Å²) in [5, 5.41) is 0. The number of benzene rings is 1. The molecule has 1 aromatic carbocycles. The molecule has 0 atom stereocenters. The number of carbonyl (C=O) groups is 1. The second kappa shape index (κ2) is 10.1. The number of piperazine rings is 1. The van der Waals surface area contributed by atoms with Crippen LogP contribution in [0, 0.1) is 0 Å². The van der Waals surface area contributed by atoms with Gasteiger partial charge in [-0.05, 0) is 37.5 Å². The van der Waals surface area contributed by atoms with Crippen molar-refractivity contribution in [3.63, 3.8) is 0 Å². The highest BCUT2D eigenvalue weighted by Gasteiger charge is 2.21. The number of para-hydroxylation sites is 1. The van der Waals surface area contributed by atoms with E-state index in [-0.39, 0.29) is 5.91 Å². The molecule has 1 aliphatic rings. The molecule has 0 radical (unpaired) electrons. The number of hydrogen-bond donors (Lipinski definition) is 0. The van der Waals surface area contributed by atoms with Gasteiger partial charge in [-0.15, -0.1) is 0 Å². The van der Waals surface area contributed by atoms with Crippen LogP contribution < -0.4 is 4.74 Å². The second-order valence-corrected chi connectivity index (χ2v) is 6.91. The molecule has 0 N–H and O–H groups in total. The van der Waals surface area contributed by atoms with Crippen LogP contribution in [0.5, 0.6) is 5.75 Å². The van der Waals surface area contributed by atoms with Crippen LogP contribution in [0.25, 0.3) is 0 Å². The van der Waals surface area contributed by atoms with Crippen molar-refractivity contribution in [1.29, 1.82) is 0 Å². The maximum Gasteiger partial charge on any atom is 0.222 e. The molecular formula is C22H29N3O2. The monoisotopic (exact) mass is 367 g/mol. The van der Waals surface area contributed by atoms with Crippen molar-refractivity contribution >= 4 is 5.91 Å². The molecule has 0 spiro atoms. The average Bonchev–Trinajstić information content (AvgIpc) is 2.71. The summed E-state index contributed by atoms with van der Waals surface area (Å²) >= 11 is 0. The van der Waals surface area contributed by atoms with E-state index in [9.17, 15) is 4.79 Å². The molecule has 1 aromatic heterocycles. The van der Waals surface area contributed by atoms with E-state index in [0.717, 1.165) is 51.3 Å². The summed E-state index contributed by atoms with van der Waals surface area (Å²) in [4.78, 5) is 21.0. The van der Waals surface area contributed by atoms with Crippen molar-refractivity contribution < 1.29 is 9.53 Å². The first-order chi connectivity index (χ1) is 13.3. The van der Waals surface area contributed by atoms with E-state index < -0.39 is 0 Å². The van der Waals surface area contributed by atoms with Gasteiger partial charge in [-0.3, -0.25) is 14.7 Å². The molecule has 2 aromatic rings. The number of ether oxygens (including phenoxy) is 1. The average molecular weight is 367 g/mol. The molecule has 0 aliphatic carbocycles. The fourth-order valence-corrected chi connectivity index (χ4v) is 3.47. The Morgan fingerprint density at radius 1 is 1.11 bits per heavy atom. The summed E-state index contributed by atoms with van der Waals surface area (Å²) < 4.78 is 5.72. The van der Waals surface area contributed by atoms with Crippen molar-refractivity contribution in [3.8, 4) is 5.75 Å². The Hall–Kier alpha value is -2.40. The zero-order valence-corrected chi connectivity index (χ0v) is 16.1. The standard InChI is InChI=1S/C22H29N3O2/c1-2-27-21-10-4-3-9-20(21)18-24-13-15-25(16-14-24)22(26)11-5-7-19-8-6-12-23-17-19/h3-4,6,8-10,12,17H,2,5,7,11,13-16,18H2,1H3. The van der Waals surface area contributed by atoms with E-state index in [4.69, 9.17) is 4.74 Å². The molecule has 27 heavy (non-hydrogen) atoms. The summed E-state index contributed by atoms with van der Waals surface area (Å²) in [6.07, 6.45) is 6.06. The third-order valence-corrected chi connectivity index (χ3v) is 4.97. The van der Waals surface area contributed by atoms with Crippen molar-refractivity contribution in [2.24, 2.45) is 0 Å². The fraction of sp³-hybridized carbons (Fsp3) is 0.455. The molecule has 1 saturated heterocycles. The van der Waals surface area contributed by atoms with Crippen LogP contribution in [0.15, 0.2) is 48.8 Å². The van der Waals surface area contributed by atoms with Gasteiger partial charge in [0.05, 0.1) is 6.61 Å². The molecule has 1 amide bonds. The first-order valence-electron chi connectivity index (χ1n) is 9.86. The van der Waals surface area contributed by atoms with Crippen LogP contribution in [-0.4, -0.2) is 53.5 Å². The topological polar surface area (TPSA) is 45.7 Å². The highest BCUT2D eigenvalue weighted by Crippen LogP contribution is 2.20. The molecule has 5 heteroatoms. The minimum Gasteiger partial charge on any atom is -0.494 e. The molecule has 0 unspecified atom stereocenters. The largest absolute Gasteiger partial charge is 0.494 e. The number of aryl methyl sites for hydroxylation is 1. The summed E-state index contributed by atoms with van der Waals surface area (Å²) in [5.74, 6) is 1.24. The Labute approximate surface area is 162 Å². The summed E-state index contributed by atoms with van der Waals surface area (Å²) in [7, 11) is 0. The number of rotatable bonds is 8. The van der Waals surface area contributed by atoms with Crippen LogP contribution >= 0.6 is 0 Å². The molecule has 144 valence electrons. The van der Waals surface area contributed by atoms with Crippen LogP contribution in [0.4, 0.5) is 0 Å². The summed E-state index contributed by atoms with van der Waals surface area (Å²) in [5.41, 5.74) is 2.42. The number of pyridine rings is 1. The van der Waals surface area contributed by atoms with E-state index >= 15 is 0 Å². The second-order valence-electron chi connectivity index (χ2n) is 6.91. The minimum atomic E-state index is 0.272. The summed E-state index contributed by atoms with van der Waals surface area (Å²) in [6.45, 7) is 7.00. The van der Waals surface area contributed by atoms with Gasteiger partial charge in [0.25, 0.3) is 0 Å². The minimum absolute atomic E-state index is 0.272. The fourth-order valence-electron chi connectivity index (χ4n) is 3.47. The number of hydrogen-bond acceptors (Lipinski definition) is 4. The van der Waals surface area contributed by atoms with Gasteiger partial charge in [0.2, 0.25) is 5.91 Å². The van der Waals surface area contributed by atoms with Crippen LogP contribution in [0.3, 0.4) is 0 Å². The normalized spacial score (nSPS) is 14.9. The predicted molar refractivity (Wildman–Crippen MR) is 107 cm³/mol. The van der Waals surface area contributed by atoms with E-state index in [1.807, 2.05) is 36.2 Å². The highest BCUT2D eigenvalue weighted by molar-refractivity contribution is 5.76. The smallest absolute Gasteiger partial charge is 0.222 e. The van der Waals surface area contributed by atoms with Crippen LogP contribution in [0.1, 0.15) is 30.9 Å². The molecule has 0 bridgehead atoms. The number of aromatic nitrogens is 1. The molecule has 1 aliphatic heterocycles. The lowest BCUT2D eigenvalue weighted by molar-refractivity contribution is -0.133. The van der Waals surface area contributed by atoms with Gasteiger partial charge in [0.1, 0.15) is 5.75 Å². The van der Waals surface area contributed by atoms with Gasteiger partial charge in [-0.2, -0.15) is 0 Å². The lowest BCUT2D eigenvalue weighted by Crippen LogP contribution is -2.48. The molecule has 5 nitrogen and oxygen atoms in total. The molecular weight excluding hydrogens is 338 g/mol. The van der Waals surface area contributed by atoms with Gasteiger partial charge in [0.15, 0.2) is 0 Å². The van der Waals surface area contributed by atoms with Crippen LogP contribution in [0.2, 0.25) is 0 Å². The Morgan fingerprint density at radius 2 is 1.93 bits per heavy atom. The Balaban J connectivity index is 1.41. The maximum atomic E-state index is 12.5. The first kappa shape index (κ1) is 19.4. The van der Waals surface area contributed by atoms with E-state index in [1.165, 1.54) is 11.1 Å². The Morgan fingerprint density at radius 3 is 2.67 bits per heavy atom. The van der Waals surface area contributed by atoms with E-state index in [0.29, 0.717) is 13.0 Å². The third kappa shape index (κ3) is 5.79. The van der Waals surface area contributed by atoms with Gasteiger partial charge in [-0.1, -0.05) is 24.3 Å². The number of amides is 1. The third-order valence-electron chi connectivity index (χ3n) is 4.97. The van der Waals surface area contributed by atoms with Crippen molar-refractivity contribution in [3.05, 3.63) is 59.9 Å². The van der Waals surface area contributed by atoms with Gasteiger partial charge in [0, 0.05) is 57.1 Å². The van der Waals surface area contributed by atoms with Crippen LogP contribution in [-0.2, 0) is 17.8 Å². The Kier molecular flexibility index (Phi) is 7.22. The predicted octanol–water partition coefficient (Wildman–Crippen LogP) is 3.15. The quantitative estimate of drug-likeness (QED) is 0.719.